The Labute approximate surface area is 217 Å². The van der Waals surface area contributed by atoms with Crippen molar-refractivity contribution in [3.05, 3.63) is 78.4 Å². The summed E-state index contributed by atoms with van der Waals surface area (Å²) in [5.74, 6) is -0.235. The third kappa shape index (κ3) is 5.63. The Hall–Kier alpha value is -3.41. The smallest absolute Gasteiger partial charge is 0.264 e. The van der Waals surface area contributed by atoms with Gasteiger partial charge in [-0.1, -0.05) is 24.6 Å². The number of piperidine rings is 1. The summed E-state index contributed by atoms with van der Waals surface area (Å²) in [4.78, 5) is 13.1. The third-order valence-corrected chi connectivity index (χ3v) is 9.96. The summed E-state index contributed by atoms with van der Waals surface area (Å²) in [6.45, 7) is 0.926. The number of sulfonamides is 2. The van der Waals surface area contributed by atoms with Gasteiger partial charge in [0.05, 0.1) is 28.3 Å². The molecular weight excluding hydrogens is 514 g/mol. The van der Waals surface area contributed by atoms with Crippen LogP contribution in [0.25, 0.3) is 0 Å². The van der Waals surface area contributed by atoms with E-state index < -0.39 is 26.0 Å². The number of carbonyl (C=O) groups excluding carboxylic acids is 1. The molecule has 0 atom stereocenters. The fraction of sp³-hybridized carbons (Fsp3) is 0.269. The molecule has 1 fully saturated rings. The van der Waals surface area contributed by atoms with E-state index in [4.69, 9.17) is 4.74 Å². The van der Waals surface area contributed by atoms with Crippen LogP contribution in [0.4, 0.5) is 11.4 Å². The van der Waals surface area contributed by atoms with Gasteiger partial charge in [0.15, 0.2) is 0 Å². The number of methoxy groups -OCH3 is 1. The van der Waals surface area contributed by atoms with Crippen molar-refractivity contribution in [3.8, 4) is 5.75 Å². The van der Waals surface area contributed by atoms with Crippen LogP contribution in [0.15, 0.2) is 82.6 Å². The largest absolute Gasteiger partial charge is 0.495 e. The molecule has 11 heteroatoms. The quantitative estimate of drug-likeness (QED) is 0.460. The standard InChI is InChI=1S/C26H29N3O6S2/c1-28(21-9-5-3-6-10-21)36(31,32)22-13-11-20(12-14-22)26(30)27-24-19-23(15-16-25(24)35-2)37(33,34)29-17-7-4-8-18-29/h3,5-6,9-16,19H,4,7-8,17-18H2,1-2H3,(H,27,30). The molecule has 196 valence electrons. The van der Waals surface area contributed by atoms with Gasteiger partial charge in [0.25, 0.3) is 15.9 Å². The van der Waals surface area contributed by atoms with Gasteiger partial charge in [0.1, 0.15) is 5.75 Å². The average molecular weight is 544 g/mol. The number of nitrogens with zero attached hydrogens (tertiary/aromatic N) is 2. The van der Waals surface area contributed by atoms with Crippen LogP contribution in [-0.2, 0) is 20.0 Å². The van der Waals surface area contributed by atoms with Gasteiger partial charge in [0.2, 0.25) is 10.0 Å². The number of benzene rings is 3. The van der Waals surface area contributed by atoms with E-state index in [-0.39, 0.29) is 21.0 Å². The van der Waals surface area contributed by atoms with Gasteiger partial charge in [-0.3, -0.25) is 9.10 Å². The Kier molecular flexibility index (Phi) is 7.86. The number of rotatable bonds is 8. The second-order valence-electron chi connectivity index (χ2n) is 8.61. The predicted molar refractivity (Wildman–Crippen MR) is 142 cm³/mol. The van der Waals surface area contributed by atoms with Crippen molar-refractivity contribution < 1.29 is 26.4 Å². The number of nitrogens with one attached hydrogen (secondary N) is 1. The van der Waals surface area contributed by atoms with Crippen LogP contribution >= 0.6 is 0 Å². The van der Waals surface area contributed by atoms with Gasteiger partial charge < -0.3 is 10.1 Å². The number of hydrogen-bond donors (Lipinski definition) is 1. The molecule has 0 aliphatic carbocycles. The lowest BCUT2D eigenvalue weighted by Gasteiger charge is -2.26. The van der Waals surface area contributed by atoms with Crippen molar-refractivity contribution in [2.75, 3.05) is 36.9 Å². The highest BCUT2D eigenvalue weighted by Crippen LogP contribution is 2.30. The van der Waals surface area contributed by atoms with Crippen molar-refractivity contribution in [3.63, 3.8) is 0 Å². The first kappa shape index (κ1) is 26.6. The Balaban J connectivity index is 1.55. The molecule has 1 aliphatic heterocycles. The summed E-state index contributed by atoms with van der Waals surface area (Å²) in [6.07, 6.45) is 2.62. The summed E-state index contributed by atoms with van der Waals surface area (Å²) >= 11 is 0. The Morgan fingerprint density at radius 2 is 1.49 bits per heavy atom. The molecular formula is C26H29N3O6S2. The lowest BCUT2D eigenvalue weighted by molar-refractivity contribution is 0.102. The van der Waals surface area contributed by atoms with E-state index >= 15 is 0 Å². The van der Waals surface area contributed by atoms with E-state index in [0.717, 1.165) is 19.3 Å². The number of ether oxygens (including phenoxy) is 1. The van der Waals surface area contributed by atoms with E-state index in [1.54, 1.807) is 30.3 Å². The zero-order valence-electron chi connectivity index (χ0n) is 20.6. The second kappa shape index (κ2) is 10.9. The van der Waals surface area contributed by atoms with Crippen LogP contribution in [0.2, 0.25) is 0 Å². The molecule has 0 spiro atoms. The van der Waals surface area contributed by atoms with Gasteiger partial charge in [-0.25, -0.2) is 16.8 Å². The van der Waals surface area contributed by atoms with E-state index in [1.165, 1.54) is 65.2 Å². The monoisotopic (exact) mass is 543 g/mol. The summed E-state index contributed by atoms with van der Waals surface area (Å²) in [5.41, 5.74) is 0.912. The predicted octanol–water partition coefficient (Wildman–Crippen LogP) is 3.95. The summed E-state index contributed by atoms with van der Waals surface area (Å²) < 4.78 is 60.1. The minimum atomic E-state index is -3.83. The zero-order chi connectivity index (χ0) is 26.6. The molecule has 1 heterocycles. The van der Waals surface area contributed by atoms with Crippen LogP contribution in [0.5, 0.6) is 5.75 Å². The van der Waals surface area contributed by atoms with E-state index in [9.17, 15) is 21.6 Å². The first-order chi connectivity index (χ1) is 17.6. The van der Waals surface area contributed by atoms with Gasteiger partial charge >= 0.3 is 0 Å². The lowest BCUT2D eigenvalue weighted by atomic mass is 10.2. The van der Waals surface area contributed by atoms with Crippen LogP contribution in [0.1, 0.15) is 29.6 Å². The maximum atomic E-state index is 13.1. The van der Waals surface area contributed by atoms with Crippen molar-refractivity contribution in [2.45, 2.75) is 29.1 Å². The Morgan fingerprint density at radius 1 is 0.865 bits per heavy atom. The second-order valence-corrected chi connectivity index (χ2v) is 12.5. The maximum absolute atomic E-state index is 13.1. The number of anilines is 2. The van der Waals surface area contributed by atoms with E-state index in [2.05, 4.69) is 5.32 Å². The Morgan fingerprint density at radius 3 is 2.11 bits per heavy atom. The number of hydrogen-bond acceptors (Lipinski definition) is 6. The van der Waals surface area contributed by atoms with Gasteiger partial charge in [0, 0.05) is 25.7 Å². The molecule has 3 aromatic carbocycles. The lowest BCUT2D eigenvalue weighted by Crippen LogP contribution is -2.35. The molecule has 0 unspecified atom stereocenters. The van der Waals surface area contributed by atoms with Gasteiger partial charge in [-0.2, -0.15) is 4.31 Å². The molecule has 4 rings (SSSR count). The van der Waals surface area contributed by atoms with Crippen LogP contribution < -0.4 is 14.4 Å². The molecule has 3 aromatic rings. The van der Waals surface area contributed by atoms with Crippen LogP contribution in [-0.4, -0.2) is 54.3 Å². The number of carbonyl (C=O) groups is 1. The van der Waals surface area contributed by atoms with Crippen LogP contribution in [0, 0.1) is 0 Å². The van der Waals surface area contributed by atoms with Gasteiger partial charge in [-0.15, -0.1) is 0 Å². The molecule has 1 saturated heterocycles. The molecule has 1 N–H and O–H groups in total. The van der Waals surface area contributed by atoms with Crippen molar-refractivity contribution in [2.24, 2.45) is 0 Å². The third-order valence-electron chi connectivity index (χ3n) is 6.27. The fourth-order valence-corrected chi connectivity index (χ4v) is 6.85. The maximum Gasteiger partial charge on any atom is 0.264 e. The highest BCUT2D eigenvalue weighted by atomic mass is 32.2. The molecule has 37 heavy (non-hydrogen) atoms. The average Bonchev–Trinajstić information content (AvgIpc) is 2.93. The minimum Gasteiger partial charge on any atom is -0.495 e. The van der Waals surface area contributed by atoms with Gasteiger partial charge in [-0.05, 0) is 67.4 Å². The topological polar surface area (TPSA) is 113 Å². The minimum absolute atomic E-state index is 0.0302. The molecule has 0 aromatic heterocycles. The Bertz CT molecular complexity index is 1470. The van der Waals surface area contributed by atoms with Crippen molar-refractivity contribution in [1.82, 2.24) is 4.31 Å². The van der Waals surface area contributed by atoms with E-state index in [0.29, 0.717) is 24.5 Å². The molecule has 9 nitrogen and oxygen atoms in total. The molecule has 1 amide bonds. The van der Waals surface area contributed by atoms with Crippen molar-refractivity contribution >= 4 is 37.3 Å². The fourth-order valence-electron chi connectivity index (χ4n) is 4.11. The zero-order valence-corrected chi connectivity index (χ0v) is 22.3. The molecule has 0 bridgehead atoms. The molecule has 1 aliphatic rings. The SMILES string of the molecule is COc1ccc(S(=O)(=O)N2CCCCC2)cc1NC(=O)c1ccc(S(=O)(=O)N(C)c2ccccc2)cc1. The first-order valence-electron chi connectivity index (χ1n) is 11.8. The summed E-state index contributed by atoms with van der Waals surface area (Å²) in [6, 6.07) is 18.5. The summed E-state index contributed by atoms with van der Waals surface area (Å²) in [7, 11) is -4.65. The number of para-hydroxylation sites is 1. The van der Waals surface area contributed by atoms with Crippen LogP contribution in [0.3, 0.4) is 0 Å². The highest BCUT2D eigenvalue weighted by molar-refractivity contribution is 7.92. The van der Waals surface area contributed by atoms with Crippen molar-refractivity contribution in [1.29, 1.82) is 0 Å². The highest BCUT2D eigenvalue weighted by Gasteiger charge is 2.27. The number of amides is 1. The summed E-state index contributed by atoms with van der Waals surface area (Å²) in [5, 5.41) is 2.69. The first-order valence-corrected chi connectivity index (χ1v) is 14.7. The normalized spacial score (nSPS) is 14.6. The molecule has 0 saturated carbocycles. The van der Waals surface area contributed by atoms with E-state index in [1.807, 2.05) is 0 Å². The molecule has 0 radical (unpaired) electrons.